The van der Waals surface area contributed by atoms with Gasteiger partial charge < -0.3 is 49.6 Å². The molecule has 15 nitrogen and oxygen atoms in total. The Morgan fingerprint density at radius 3 is 2.18 bits per heavy atom. The molecule has 5 rings (SSSR count). The van der Waals surface area contributed by atoms with Gasteiger partial charge in [0.15, 0.2) is 0 Å². The van der Waals surface area contributed by atoms with E-state index in [2.05, 4.69) is 56.7 Å². The molecule has 1 aromatic heterocycles. The zero-order valence-electron chi connectivity index (χ0n) is 39.8. The Bertz CT molecular complexity index is 2210. The normalized spacial score (nSPS) is 13.4. The van der Waals surface area contributed by atoms with Gasteiger partial charge >= 0.3 is 6.09 Å². The fourth-order valence-electron chi connectivity index (χ4n) is 7.55. The van der Waals surface area contributed by atoms with Gasteiger partial charge in [-0.05, 0) is 121 Å². The van der Waals surface area contributed by atoms with Crippen molar-refractivity contribution in [1.82, 2.24) is 25.4 Å². The summed E-state index contributed by atoms with van der Waals surface area (Å²) in [5.74, 6) is -0.758. The molecule has 15 heteroatoms. The summed E-state index contributed by atoms with van der Waals surface area (Å²) in [7, 11) is 3.72. The largest absolute Gasteiger partial charge is 0.444 e. The number of anilines is 2. The van der Waals surface area contributed by atoms with Crippen molar-refractivity contribution in [1.29, 1.82) is 0 Å². The van der Waals surface area contributed by atoms with Crippen LogP contribution in [-0.2, 0) is 25.4 Å². The Kier molecular flexibility index (Phi) is 19.9. The molecule has 0 saturated heterocycles. The number of nitrogens with one attached hydrogen (secondary N) is 3. The molecule has 3 N–H and O–H groups in total. The first-order valence-corrected chi connectivity index (χ1v) is 23.1. The highest BCUT2D eigenvalue weighted by atomic mass is 16.6. The summed E-state index contributed by atoms with van der Waals surface area (Å²) < 4.78 is 21.9. The number of nitrogens with zero attached hydrogens (tertiary/aromatic N) is 4. The van der Waals surface area contributed by atoms with Crippen LogP contribution in [-0.4, -0.2) is 137 Å². The second kappa shape index (κ2) is 25.7. The van der Waals surface area contributed by atoms with Crippen LogP contribution in [0.4, 0.5) is 16.2 Å². The zero-order chi connectivity index (χ0) is 47.5. The van der Waals surface area contributed by atoms with E-state index < -0.39 is 11.7 Å². The van der Waals surface area contributed by atoms with Crippen molar-refractivity contribution in [2.24, 2.45) is 0 Å². The van der Waals surface area contributed by atoms with Crippen LogP contribution in [0.2, 0.25) is 0 Å². The van der Waals surface area contributed by atoms with Gasteiger partial charge in [-0.1, -0.05) is 30.3 Å². The number of fused-ring (bicyclic) bond motifs is 1. The highest BCUT2D eigenvalue weighted by Crippen LogP contribution is 2.33. The van der Waals surface area contributed by atoms with Crippen molar-refractivity contribution in [3.8, 4) is 11.3 Å². The zero-order valence-corrected chi connectivity index (χ0v) is 39.8. The molecule has 0 fully saturated rings. The average molecular weight is 908 g/mol. The molecule has 1 aliphatic carbocycles. The number of carbonyl (C=O) groups excluding carboxylic acids is 4. The molecule has 1 unspecified atom stereocenters. The first kappa shape index (κ1) is 51.1. The summed E-state index contributed by atoms with van der Waals surface area (Å²) in [5.41, 5.74) is 5.82. The van der Waals surface area contributed by atoms with Crippen molar-refractivity contribution < 1.29 is 38.1 Å². The number of alkyl carbamates (subject to hydrolysis) is 1. The fraction of sp³-hybridized carbons (Fsp3) is 0.471. The van der Waals surface area contributed by atoms with Crippen LogP contribution in [0.25, 0.3) is 11.3 Å². The van der Waals surface area contributed by atoms with E-state index in [4.69, 9.17) is 18.9 Å². The van der Waals surface area contributed by atoms with E-state index >= 15 is 0 Å². The lowest BCUT2D eigenvalue weighted by atomic mass is 9.87. The highest BCUT2D eigenvalue weighted by molar-refractivity contribution is 6.08. The molecule has 0 bridgehead atoms. The number of carbonyl (C=O) groups is 4. The quantitative estimate of drug-likeness (QED) is 0.0608. The Morgan fingerprint density at radius 1 is 0.742 bits per heavy atom. The van der Waals surface area contributed by atoms with Gasteiger partial charge in [-0.3, -0.25) is 19.4 Å². The SMILES string of the molecule is CCN(CC)c1ccc(NC(=O)c2cccc(C(=O)N(C)CCN(C)CCOCCOCCOCCNC(=O)OC(C)(C)C)c2)c(-c2cc(C(=O)NC3CCCc4ccccc43)ccn2)c1. The minimum absolute atomic E-state index is 0.0692. The minimum Gasteiger partial charge on any atom is -0.444 e. The van der Waals surface area contributed by atoms with Crippen LogP contribution in [0.5, 0.6) is 0 Å². The third-order valence-electron chi connectivity index (χ3n) is 11.2. The predicted octanol–water partition coefficient (Wildman–Crippen LogP) is 7.23. The minimum atomic E-state index is -0.539. The molecule has 1 atom stereocenters. The Labute approximate surface area is 390 Å². The van der Waals surface area contributed by atoms with Gasteiger partial charge in [0.25, 0.3) is 17.7 Å². The van der Waals surface area contributed by atoms with Crippen molar-refractivity contribution in [2.45, 2.75) is 65.5 Å². The Hall–Kier alpha value is -5.87. The number of benzene rings is 3. The third-order valence-corrected chi connectivity index (χ3v) is 11.2. The molecule has 0 aliphatic heterocycles. The molecular formula is C51H69N7O8. The summed E-state index contributed by atoms with van der Waals surface area (Å²) in [4.78, 5) is 63.4. The van der Waals surface area contributed by atoms with E-state index in [1.807, 2.05) is 58.2 Å². The van der Waals surface area contributed by atoms with E-state index in [-0.39, 0.29) is 23.8 Å². The summed E-state index contributed by atoms with van der Waals surface area (Å²) >= 11 is 0. The standard InChI is InChI=1S/C51H69N7O8/c1-8-58(9-2)41-20-21-45(43(36-41)46-35-39(22-23-52-46)48(60)54-44-19-13-15-37-14-10-11-18-42(37)44)55-47(59)38-16-12-17-40(34-38)49(61)57(7)26-25-56(6)27-29-64-31-33-65-32-30-63-28-24-53-50(62)66-51(3,4)5/h10-12,14,16-18,20-23,34-36,44H,8-9,13,15,19,24-33H2,1-7H3,(H,53,62)(H,54,60)(H,55,59). The van der Waals surface area contributed by atoms with Gasteiger partial charge in [0, 0.05) is 80.5 Å². The predicted molar refractivity (Wildman–Crippen MR) is 258 cm³/mol. The second-order valence-corrected chi connectivity index (χ2v) is 17.3. The Morgan fingerprint density at radius 2 is 1.44 bits per heavy atom. The van der Waals surface area contributed by atoms with Crippen molar-refractivity contribution >= 4 is 35.2 Å². The topological polar surface area (TPSA) is 164 Å². The number of hydrogen-bond acceptors (Lipinski definition) is 11. The number of aryl methyl sites for hydroxylation is 1. The lowest BCUT2D eigenvalue weighted by Gasteiger charge is -2.26. The number of hydrogen-bond donors (Lipinski definition) is 3. The summed E-state index contributed by atoms with van der Waals surface area (Å²) in [6.45, 7) is 15.9. The number of aromatic nitrogens is 1. The van der Waals surface area contributed by atoms with E-state index in [0.29, 0.717) is 99.5 Å². The molecule has 1 aliphatic rings. The van der Waals surface area contributed by atoms with Gasteiger partial charge in [-0.25, -0.2) is 4.79 Å². The van der Waals surface area contributed by atoms with Crippen LogP contribution in [0, 0.1) is 0 Å². The number of amides is 4. The van der Waals surface area contributed by atoms with E-state index in [9.17, 15) is 19.2 Å². The van der Waals surface area contributed by atoms with E-state index in [0.717, 1.165) is 43.6 Å². The molecule has 0 saturated carbocycles. The van der Waals surface area contributed by atoms with Gasteiger partial charge in [-0.2, -0.15) is 0 Å². The first-order valence-electron chi connectivity index (χ1n) is 23.1. The van der Waals surface area contributed by atoms with Crippen LogP contribution >= 0.6 is 0 Å². The molecule has 0 radical (unpaired) electrons. The average Bonchev–Trinajstić information content (AvgIpc) is 3.31. The summed E-state index contributed by atoms with van der Waals surface area (Å²) in [5, 5.41) is 8.97. The van der Waals surface area contributed by atoms with Crippen LogP contribution in [0.3, 0.4) is 0 Å². The van der Waals surface area contributed by atoms with Gasteiger partial charge in [-0.15, -0.1) is 0 Å². The molecule has 356 valence electrons. The molecule has 4 amide bonds. The van der Waals surface area contributed by atoms with Gasteiger partial charge in [0.05, 0.1) is 57.1 Å². The first-order chi connectivity index (χ1) is 31.8. The van der Waals surface area contributed by atoms with Crippen LogP contribution in [0.15, 0.2) is 85.1 Å². The number of likely N-dealkylation sites (N-methyl/N-ethyl adjacent to an activating group) is 2. The van der Waals surface area contributed by atoms with Crippen molar-refractivity contribution in [3.63, 3.8) is 0 Å². The monoisotopic (exact) mass is 908 g/mol. The maximum atomic E-state index is 13.9. The molecule has 4 aromatic rings. The van der Waals surface area contributed by atoms with Crippen molar-refractivity contribution in [2.75, 3.05) is 103 Å². The van der Waals surface area contributed by atoms with Gasteiger partial charge in [0.1, 0.15) is 5.60 Å². The molecule has 0 spiro atoms. The summed E-state index contributed by atoms with van der Waals surface area (Å²) in [6, 6.07) is 24.2. The van der Waals surface area contributed by atoms with Gasteiger partial charge in [0.2, 0.25) is 0 Å². The maximum absolute atomic E-state index is 13.9. The Balaban J connectivity index is 1.10. The molecule has 1 heterocycles. The van der Waals surface area contributed by atoms with Crippen molar-refractivity contribution in [3.05, 3.63) is 113 Å². The van der Waals surface area contributed by atoms with E-state index in [1.165, 1.54) is 5.56 Å². The molecular weight excluding hydrogens is 839 g/mol. The maximum Gasteiger partial charge on any atom is 0.407 e. The highest BCUT2D eigenvalue weighted by Gasteiger charge is 2.23. The number of rotatable bonds is 24. The number of ether oxygens (including phenoxy) is 4. The van der Waals surface area contributed by atoms with E-state index in [1.54, 1.807) is 54.5 Å². The molecule has 3 aromatic carbocycles. The number of pyridine rings is 1. The molecule has 66 heavy (non-hydrogen) atoms. The lowest BCUT2D eigenvalue weighted by Crippen LogP contribution is -2.36. The smallest absolute Gasteiger partial charge is 0.407 e. The fourth-order valence-corrected chi connectivity index (χ4v) is 7.55. The lowest BCUT2D eigenvalue weighted by molar-refractivity contribution is 0.0110. The second-order valence-electron chi connectivity index (χ2n) is 17.3. The third kappa shape index (κ3) is 15.9. The summed E-state index contributed by atoms with van der Waals surface area (Å²) in [6.07, 6.45) is 4.04. The van der Waals surface area contributed by atoms with Crippen LogP contribution in [0.1, 0.15) is 95.7 Å². The van der Waals surface area contributed by atoms with Crippen LogP contribution < -0.4 is 20.9 Å².